The van der Waals surface area contributed by atoms with Crippen molar-refractivity contribution in [3.63, 3.8) is 0 Å². The molecule has 3 nitrogen and oxygen atoms in total. The van der Waals surface area contributed by atoms with E-state index < -0.39 is 12.3 Å². The molecular weight excluding hydrogens is 228 g/mol. The lowest BCUT2D eigenvalue weighted by Gasteiger charge is -2.27. The Bertz CT molecular complexity index is 203. The fourth-order valence-corrected chi connectivity index (χ4v) is 2.20. The van der Waals surface area contributed by atoms with Crippen LogP contribution >= 0.6 is 0 Å². The quantitative estimate of drug-likeness (QED) is 0.593. The first-order valence-corrected chi connectivity index (χ1v) is 6.38. The van der Waals surface area contributed by atoms with Gasteiger partial charge in [0.15, 0.2) is 0 Å². The van der Waals surface area contributed by atoms with Crippen LogP contribution in [0.15, 0.2) is 0 Å². The fourth-order valence-electron chi connectivity index (χ4n) is 2.20. The summed E-state index contributed by atoms with van der Waals surface area (Å²) in [6, 6.07) is 0. The number of hydrogen-bond donors (Lipinski definition) is 3. The smallest absolute Gasteiger partial charge is 0.131 e. The van der Waals surface area contributed by atoms with Crippen LogP contribution in [0.4, 0.5) is 8.78 Å². The Labute approximate surface area is 101 Å². The summed E-state index contributed by atoms with van der Waals surface area (Å²) in [5, 5.41) is 20.9. The Morgan fingerprint density at radius 1 is 1.12 bits per heavy atom. The minimum atomic E-state index is -1.31. The van der Waals surface area contributed by atoms with Gasteiger partial charge < -0.3 is 15.5 Å². The first-order valence-electron chi connectivity index (χ1n) is 6.38. The Hall–Kier alpha value is -0.260. The van der Waals surface area contributed by atoms with Crippen molar-refractivity contribution in [1.82, 2.24) is 5.32 Å². The highest BCUT2D eigenvalue weighted by atomic mass is 19.2. The molecule has 0 radical (unpaired) electrons. The third-order valence-corrected chi connectivity index (χ3v) is 3.48. The van der Waals surface area contributed by atoms with Crippen LogP contribution in [0.5, 0.6) is 0 Å². The molecule has 5 heteroatoms. The number of hydrogen-bond acceptors (Lipinski definition) is 3. The van der Waals surface area contributed by atoms with Crippen LogP contribution in [0.25, 0.3) is 0 Å². The van der Waals surface area contributed by atoms with Crippen LogP contribution in [0, 0.1) is 11.8 Å². The Balaban J connectivity index is 2.07. The first-order chi connectivity index (χ1) is 8.17. The van der Waals surface area contributed by atoms with E-state index in [1.807, 2.05) is 0 Å². The second-order valence-electron chi connectivity index (χ2n) is 4.94. The van der Waals surface area contributed by atoms with Gasteiger partial charge in [-0.15, -0.1) is 0 Å². The highest BCUT2D eigenvalue weighted by molar-refractivity contribution is 4.80. The SMILES string of the molecule is OCC(CO)CCNCC1CCC(F)C(F)C1. The predicted octanol–water partition coefficient (Wildman–Crippen LogP) is 1.04. The summed E-state index contributed by atoms with van der Waals surface area (Å²) in [6.07, 6.45) is -0.526. The van der Waals surface area contributed by atoms with Gasteiger partial charge in [0.25, 0.3) is 0 Å². The number of alkyl halides is 2. The number of aliphatic hydroxyl groups excluding tert-OH is 2. The van der Waals surface area contributed by atoms with E-state index in [1.165, 1.54) is 0 Å². The van der Waals surface area contributed by atoms with Crippen molar-refractivity contribution >= 4 is 0 Å². The normalized spacial score (nSPS) is 29.8. The molecule has 1 rings (SSSR count). The minimum Gasteiger partial charge on any atom is -0.396 e. The van der Waals surface area contributed by atoms with Crippen LogP contribution in [0.2, 0.25) is 0 Å². The third-order valence-electron chi connectivity index (χ3n) is 3.48. The van der Waals surface area contributed by atoms with Crippen molar-refractivity contribution in [1.29, 1.82) is 0 Å². The summed E-state index contributed by atoms with van der Waals surface area (Å²) in [4.78, 5) is 0. The van der Waals surface area contributed by atoms with Crippen LogP contribution in [0.3, 0.4) is 0 Å². The summed E-state index contributed by atoms with van der Waals surface area (Å²) >= 11 is 0. The van der Waals surface area contributed by atoms with Gasteiger partial charge in [0.2, 0.25) is 0 Å². The molecule has 0 heterocycles. The average molecular weight is 251 g/mol. The molecule has 0 aromatic rings. The summed E-state index contributed by atoms with van der Waals surface area (Å²) in [6.45, 7) is 1.35. The lowest BCUT2D eigenvalue weighted by molar-refractivity contribution is 0.0887. The number of rotatable bonds is 7. The highest BCUT2D eigenvalue weighted by Crippen LogP contribution is 2.28. The molecule has 1 aliphatic rings. The van der Waals surface area contributed by atoms with E-state index in [0.29, 0.717) is 32.4 Å². The molecule has 1 fully saturated rings. The zero-order chi connectivity index (χ0) is 12.7. The first kappa shape index (κ1) is 14.8. The summed E-state index contributed by atoms with van der Waals surface area (Å²) in [5.41, 5.74) is 0. The maximum Gasteiger partial charge on any atom is 0.131 e. The topological polar surface area (TPSA) is 52.5 Å². The van der Waals surface area contributed by atoms with E-state index in [2.05, 4.69) is 5.32 Å². The molecule has 0 spiro atoms. The molecule has 0 aromatic heterocycles. The van der Waals surface area contributed by atoms with Gasteiger partial charge in [-0.05, 0) is 44.7 Å². The Kier molecular flexibility index (Phi) is 6.92. The molecule has 17 heavy (non-hydrogen) atoms. The van der Waals surface area contributed by atoms with Gasteiger partial charge in [-0.2, -0.15) is 0 Å². The molecule has 0 amide bonds. The monoisotopic (exact) mass is 251 g/mol. The molecule has 3 atom stereocenters. The Morgan fingerprint density at radius 3 is 2.41 bits per heavy atom. The predicted molar refractivity (Wildman–Crippen MR) is 62.3 cm³/mol. The van der Waals surface area contributed by atoms with Crippen molar-refractivity contribution in [2.45, 2.75) is 38.0 Å². The third kappa shape index (κ3) is 5.27. The number of aliphatic hydroxyl groups is 2. The number of nitrogens with one attached hydrogen (secondary N) is 1. The van der Waals surface area contributed by atoms with Crippen molar-refractivity contribution in [3.05, 3.63) is 0 Å². The molecule has 3 unspecified atom stereocenters. The zero-order valence-electron chi connectivity index (χ0n) is 10.1. The van der Waals surface area contributed by atoms with E-state index in [0.717, 1.165) is 6.42 Å². The van der Waals surface area contributed by atoms with Gasteiger partial charge in [0.05, 0.1) is 0 Å². The minimum absolute atomic E-state index is 0.0162. The van der Waals surface area contributed by atoms with Gasteiger partial charge in [0, 0.05) is 19.1 Å². The van der Waals surface area contributed by atoms with Crippen LogP contribution in [-0.2, 0) is 0 Å². The Morgan fingerprint density at radius 2 is 1.82 bits per heavy atom. The van der Waals surface area contributed by atoms with E-state index >= 15 is 0 Å². The molecule has 0 saturated heterocycles. The number of halogens is 2. The van der Waals surface area contributed by atoms with Crippen LogP contribution in [0.1, 0.15) is 25.7 Å². The van der Waals surface area contributed by atoms with Crippen molar-refractivity contribution in [2.75, 3.05) is 26.3 Å². The average Bonchev–Trinajstić information content (AvgIpc) is 2.34. The van der Waals surface area contributed by atoms with Gasteiger partial charge in [0.1, 0.15) is 12.3 Å². The molecule has 1 saturated carbocycles. The van der Waals surface area contributed by atoms with Crippen molar-refractivity contribution in [3.8, 4) is 0 Å². The molecule has 0 aromatic carbocycles. The maximum absolute atomic E-state index is 13.1. The van der Waals surface area contributed by atoms with E-state index in [1.54, 1.807) is 0 Å². The van der Waals surface area contributed by atoms with Crippen LogP contribution in [-0.4, -0.2) is 48.9 Å². The van der Waals surface area contributed by atoms with Gasteiger partial charge >= 0.3 is 0 Å². The maximum atomic E-state index is 13.1. The molecule has 3 N–H and O–H groups in total. The largest absolute Gasteiger partial charge is 0.396 e. The lowest BCUT2D eigenvalue weighted by Crippen LogP contribution is -2.34. The molecule has 1 aliphatic carbocycles. The second-order valence-corrected chi connectivity index (χ2v) is 4.94. The molecule has 0 aliphatic heterocycles. The summed E-state index contributed by atoms with van der Waals surface area (Å²) in [5.74, 6) is 0.122. The summed E-state index contributed by atoms with van der Waals surface area (Å²) < 4.78 is 26.0. The van der Waals surface area contributed by atoms with Crippen LogP contribution < -0.4 is 5.32 Å². The molecular formula is C12H23F2NO2. The fraction of sp³-hybridized carbons (Fsp3) is 1.00. The van der Waals surface area contributed by atoms with E-state index in [9.17, 15) is 8.78 Å². The highest BCUT2D eigenvalue weighted by Gasteiger charge is 2.29. The van der Waals surface area contributed by atoms with Gasteiger partial charge in [-0.3, -0.25) is 0 Å². The van der Waals surface area contributed by atoms with Gasteiger partial charge in [-0.25, -0.2) is 8.78 Å². The lowest BCUT2D eigenvalue weighted by atomic mass is 9.87. The second kappa shape index (κ2) is 7.95. The van der Waals surface area contributed by atoms with E-state index in [4.69, 9.17) is 10.2 Å². The molecule has 102 valence electrons. The zero-order valence-corrected chi connectivity index (χ0v) is 10.1. The molecule has 0 bridgehead atoms. The van der Waals surface area contributed by atoms with E-state index in [-0.39, 0.29) is 25.0 Å². The summed E-state index contributed by atoms with van der Waals surface area (Å²) in [7, 11) is 0. The van der Waals surface area contributed by atoms with Gasteiger partial charge in [-0.1, -0.05) is 0 Å². The standard InChI is InChI=1S/C12H23F2NO2/c13-11-2-1-9(5-12(11)14)6-15-4-3-10(7-16)8-17/h9-12,15-17H,1-8H2. The van der Waals surface area contributed by atoms with Crippen molar-refractivity contribution < 1.29 is 19.0 Å². The van der Waals surface area contributed by atoms with Crippen molar-refractivity contribution in [2.24, 2.45) is 11.8 Å².